The highest BCUT2D eigenvalue weighted by Gasteiger charge is 2.52. The van der Waals surface area contributed by atoms with Crippen LogP contribution in [0.15, 0.2) is 0 Å². The Kier molecular flexibility index (Phi) is 38.0. The average molecular weight is 733 g/mol. The molecule has 0 spiro atoms. The molecule has 0 rings (SSSR count). The minimum atomic E-state index is -2.92. The molecule has 9 heteroatoms. The maximum atomic E-state index is 7.00. The zero-order valence-electron chi connectivity index (χ0n) is 34.1. The van der Waals surface area contributed by atoms with Crippen LogP contribution in [0.1, 0.15) is 196 Å². The third-order valence-electron chi connectivity index (χ3n) is 9.36. The van der Waals surface area contributed by atoms with Crippen molar-refractivity contribution in [2.45, 2.75) is 208 Å². The molecule has 0 saturated carbocycles. The Labute approximate surface area is 309 Å². The van der Waals surface area contributed by atoms with Gasteiger partial charge in [-0.05, 0) is 92.4 Å². The van der Waals surface area contributed by atoms with Crippen LogP contribution in [0.25, 0.3) is 0 Å². The number of unbranched alkanes of at least 4 members (excludes halogenated alkanes) is 20. The summed E-state index contributed by atoms with van der Waals surface area (Å²) in [5.74, 6) is 0. The Balaban J connectivity index is 4.49. The molecule has 296 valence electrons. The maximum Gasteiger partial charge on any atom is 0.493 e. The highest BCUT2D eigenvalue weighted by molar-refractivity contribution is 6.75. The molecule has 0 aliphatic rings. The van der Waals surface area contributed by atoms with E-state index < -0.39 is 17.6 Å². The molecule has 0 atom stereocenters. The van der Waals surface area contributed by atoms with Crippen molar-refractivity contribution in [1.82, 2.24) is 10.6 Å². The van der Waals surface area contributed by atoms with Crippen LogP contribution in [0, 0.1) is 0 Å². The van der Waals surface area contributed by atoms with Crippen molar-refractivity contribution < 1.29 is 21.8 Å². The quantitative estimate of drug-likeness (QED) is 0.0478. The Bertz CT molecular complexity index is 586. The largest absolute Gasteiger partial charge is 0.493 e. The normalized spacial score (nSPS) is 12.4. The van der Waals surface area contributed by atoms with Crippen LogP contribution in [0.3, 0.4) is 0 Å². The molecule has 49 heavy (non-hydrogen) atoms. The lowest BCUT2D eigenvalue weighted by atomic mass is 10.1. The van der Waals surface area contributed by atoms with Gasteiger partial charge in [-0.2, -0.15) is 0 Å². The summed E-state index contributed by atoms with van der Waals surface area (Å²) in [6, 6.07) is 1.69. The number of hydrogen-bond donors (Lipinski definition) is 2. The Morgan fingerprint density at radius 3 is 0.816 bits per heavy atom. The van der Waals surface area contributed by atoms with Gasteiger partial charge in [-0.25, -0.2) is 0 Å². The second-order valence-electron chi connectivity index (χ2n) is 14.0. The third kappa shape index (κ3) is 30.3. The van der Waals surface area contributed by atoms with E-state index in [9.17, 15) is 0 Å². The minimum Gasteiger partial charge on any atom is -0.374 e. The van der Waals surface area contributed by atoms with E-state index in [2.05, 4.69) is 52.2 Å². The van der Waals surface area contributed by atoms with Gasteiger partial charge in [-0.3, -0.25) is 0 Å². The second-order valence-corrected chi connectivity index (χ2v) is 19.7. The third-order valence-corrected chi connectivity index (χ3v) is 16.7. The predicted octanol–water partition coefficient (Wildman–Crippen LogP) is 11.6. The van der Waals surface area contributed by atoms with Gasteiger partial charge in [0, 0.05) is 38.5 Å². The van der Waals surface area contributed by atoms with Crippen LogP contribution in [0.5, 0.6) is 0 Å². The van der Waals surface area contributed by atoms with E-state index in [1.54, 1.807) is 0 Å². The first kappa shape index (κ1) is 49.2. The Morgan fingerprint density at radius 1 is 0.306 bits per heavy atom. The van der Waals surface area contributed by atoms with Crippen molar-refractivity contribution in [1.29, 1.82) is 0 Å². The van der Waals surface area contributed by atoms with E-state index in [-0.39, 0.29) is 0 Å². The van der Waals surface area contributed by atoms with Crippen molar-refractivity contribution in [2.75, 3.05) is 52.6 Å². The van der Waals surface area contributed by atoms with Crippen LogP contribution in [-0.2, 0) is 21.8 Å². The Morgan fingerprint density at radius 2 is 0.551 bits per heavy atom. The molecule has 0 aromatic rings. The van der Waals surface area contributed by atoms with Gasteiger partial charge in [0.2, 0.25) is 0 Å². The molecular formula is C40H88N2O5Si2. The van der Waals surface area contributed by atoms with E-state index in [0.29, 0.717) is 26.4 Å². The average Bonchev–Trinajstić information content (AvgIpc) is 3.08. The highest BCUT2D eigenvalue weighted by Crippen LogP contribution is 2.30. The van der Waals surface area contributed by atoms with Gasteiger partial charge in [-0.1, -0.05) is 129 Å². The summed E-state index contributed by atoms with van der Waals surface area (Å²) in [4.78, 5) is 0. The van der Waals surface area contributed by atoms with Gasteiger partial charge >= 0.3 is 17.6 Å². The first-order chi connectivity index (χ1) is 24.1. The van der Waals surface area contributed by atoms with Crippen molar-refractivity contribution in [3.05, 3.63) is 0 Å². The van der Waals surface area contributed by atoms with Gasteiger partial charge in [-0.15, -0.1) is 0 Å². The first-order valence-corrected chi connectivity index (χ1v) is 25.6. The topological polar surface area (TPSA) is 70.2 Å². The predicted molar refractivity (Wildman–Crippen MR) is 217 cm³/mol. The van der Waals surface area contributed by atoms with E-state index in [0.717, 1.165) is 38.0 Å². The molecule has 0 unspecified atom stereocenters. The summed E-state index contributed by atoms with van der Waals surface area (Å²) in [6.45, 7) is 19.8. The van der Waals surface area contributed by atoms with Crippen LogP contribution >= 0.6 is 0 Å². The van der Waals surface area contributed by atoms with E-state index >= 15 is 0 Å². The van der Waals surface area contributed by atoms with Gasteiger partial charge in [0.1, 0.15) is 0 Å². The molecule has 0 aromatic carbocycles. The summed E-state index contributed by atoms with van der Waals surface area (Å²) in [7, 11) is -5.85. The fourth-order valence-electron chi connectivity index (χ4n) is 6.62. The minimum absolute atomic E-state index is 0.592. The summed E-state index contributed by atoms with van der Waals surface area (Å²) in [5, 5.41) is 7.29. The Hall–Kier alpha value is 0.154. The lowest BCUT2D eigenvalue weighted by Gasteiger charge is -2.38. The van der Waals surface area contributed by atoms with Crippen molar-refractivity contribution >= 4 is 17.6 Å². The molecule has 0 amide bonds. The van der Waals surface area contributed by atoms with E-state index in [4.69, 9.17) is 21.8 Å². The van der Waals surface area contributed by atoms with Gasteiger partial charge in [0.15, 0.2) is 0 Å². The van der Waals surface area contributed by atoms with Crippen LogP contribution in [-0.4, -0.2) is 70.2 Å². The van der Waals surface area contributed by atoms with Crippen molar-refractivity contribution in [3.63, 3.8) is 0 Å². The fourth-order valence-corrected chi connectivity index (χ4v) is 14.1. The number of rotatable bonds is 42. The molecule has 0 bridgehead atoms. The zero-order chi connectivity index (χ0) is 36.0. The second kappa shape index (κ2) is 37.9. The van der Waals surface area contributed by atoms with Crippen LogP contribution < -0.4 is 10.6 Å². The SMILES string of the molecule is CCCCCCCCNCCCCCCCC[Si](OCC)(OCC)O[Si](CCCCCCCCNCCCCCCCC)(OCC)OCC. The first-order valence-electron chi connectivity index (χ1n) is 21.7. The number of nitrogens with one attached hydrogen (secondary N) is 2. The maximum absolute atomic E-state index is 7.00. The van der Waals surface area contributed by atoms with E-state index in [1.807, 2.05) is 0 Å². The van der Waals surface area contributed by atoms with Crippen LogP contribution in [0.2, 0.25) is 12.1 Å². The monoisotopic (exact) mass is 733 g/mol. The summed E-state index contributed by atoms with van der Waals surface area (Å²) in [6.07, 6.45) is 31.2. The highest BCUT2D eigenvalue weighted by atomic mass is 28.5. The summed E-state index contributed by atoms with van der Waals surface area (Å²) >= 11 is 0. The lowest BCUT2D eigenvalue weighted by Crippen LogP contribution is -2.59. The molecule has 0 saturated heterocycles. The van der Waals surface area contributed by atoms with E-state index in [1.165, 1.54) is 154 Å². The molecule has 0 fully saturated rings. The van der Waals surface area contributed by atoms with Gasteiger partial charge < -0.3 is 32.5 Å². The summed E-state index contributed by atoms with van der Waals surface area (Å²) in [5.41, 5.74) is 0. The molecule has 0 aliphatic heterocycles. The standard InChI is InChI=1S/C40H88N2O5Si2/c1-7-13-15-17-23-29-35-41-37-31-25-19-21-27-33-39-48(43-9-3,44-10-4)47-49(45-11-5,46-12-6)40-34-28-22-20-26-32-38-42-36-30-24-18-16-14-8-2/h41-42H,7-40H2,1-6H3. The molecule has 0 aromatic heterocycles. The number of hydrogen-bond acceptors (Lipinski definition) is 7. The summed E-state index contributed by atoms with van der Waals surface area (Å²) < 4.78 is 32.7. The molecule has 2 N–H and O–H groups in total. The van der Waals surface area contributed by atoms with Crippen molar-refractivity contribution in [3.8, 4) is 0 Å². The molecule has 0 aliphatic carbocycles. The molecule has 0 heterocycles. The zero-order valence-corrected chi connectivity index (χ0v) is 36.1. The molecular weight excluding hydrogens is 645 g/mol. The molecule has 7 nitrogen and oxygen atoms in total. The lowest BCUT2D eigenvalue weighted by molar-refractivity contribution is 0.0487. The smallest absolute Gasteiger partial charge is 0.374 e. The van der Waals surface area contributed by atoms with Gasteiger partial charge in [0.25, 0.3) is 0 Å². The van der Waals surface area contributed by atoms with Crippen molar-refractivity contribution in [2.24, 2.45) is 0 Å². The molecule has 0 radical (unpaired) electrons. The fraction of sp³-hybridized carbons (Fsp3) is 1.00. The van der Waals surface area contributed by atoms with Gasteiger partial charge in [0.05, 0.1) is 0 Å². The van der Waals surface area contributed by atoms with Crippen LogP contribution in [0.4, 0.5) is 0 Å².